The van der Waals surface area contributed by atoms with Crippen molar-refractivity contribution in [2.75, 3.05) is 0 Å². The molecule has 1 aromatic carbocycles. The third-order valence-electron chi connectivity index (χ3n) is 4.89. The van der Waals surface area contributed by atoms with Crippen LogP contribution in [0, 0.1) is 11.6 Å². The van der Waals surface area contributed by atoms with Gasteiger partial charge in [-0.3, -0.25) is 9.78 Å². The minimum Gasteiger partial charge on any atom is -0.391 e. The molecule has 3 aromatic heterocycles. The molecule has 3 heterocycles. The van der Waals surface area contributed by atoms with Gasteiger partial charge in [0.15, 0.2) is 0 Å². The number of aromatic nitrogens is 3. The summed E-state index contributed by atoms with van der Waals surface area (Å²) in [5.74, 6) is -1.82. The number of carbonyl (C=O) groups is 1. The monoisotopic (exact) mass is 436 g/mol. The van der Waals surface area contributed by atoms with Gasteiger partial charge >= 0.3 is 0 Å². The van der Waals surface area contributed by atoms with Crippen LogP contribution in [-0.4, -0.2) is 30.9 Å². The van der Waals surface area contributed by atoms with Crippen molar-refractivity contribution >= 4 is 11.6 Å². The molecule has 4 aromatic rings. The molecule has 0 aliphatic carbocycles. The van der Waals surface area contributed by atoms with E-state index in [2.05, 4.69) is 15.3 Å². The lowest BCUT2D eigenvalue weighted by molar-refractivity contribution is 0.0919. The highest BCUT2D eigenvalue weighted by atomic mass is 19.1. The number of halogens is 2. The van der Waals surface area contributed by atoms with Crippen molar-refractivity contribution in [2.45, 2.75) is 32.9 Å². The number of amides is 1. The summed E-state index contributed by atoms with van der Waals surface area (Å²) in [5, 5.41) is 12.2. The molecule has 0 aliphatic heterocycles. The van der Waals surface area contributed by atoms with Crippen LogP contribution in [-0.2, 0) is 6.61 Å². The summed E-state index contributed by atoms with van der Waals surface area (Å²) >= 11 is 0. The summed E-state index contributed by atoms with van der Waals surface area (Å²) < 4.78 is 30.1. The first kappa shape index (κ1) is 21.6. The molecule has 0 spiro atoms. The van der Waals surface area contributed by atoms with Crippen LogP contribution in [0.4, 0.5) is 8.78 Å². The van der Waals surface area contributed by atoms with Crippen LogP contribution in [0.25, 0.3) is 28.0 Å². The molecule has 0 atom stereocenters. The van der Waals surface area contributed by atoms with Gasteiger partial charge in [0.2, 0.25) is 0 Å². The molecule has 8 heteroatoms. The zero-order valence-electron chi connectivity index (χ0n) is 17.9. The number of rotatable bonds is 4. The highest BCUT2D eigenvalue weighted by molar-refractivity contribution is 5.95. The molecule has 0 saturated heterocycles. The molecule has 0 fully saturated rings. The highest BCUT2D eigenvalue weighted by Gasteiger charge is 2.17. The molecular formula is C24H22F2N4O2. The quantitative estimate of drug-likeness (QED) is 0.498. The maximum Gasteiger partial charge on any atom is 0.253 e. The molecule has 4 rings (SSSR count). The zero-order valence-corrected chi connectivity index (χ0v) is 17.9. The molecule has 2 N–H and O–H groups in total. The number of hydrogen-bond acceptors (Lipinski definition) is 4. The van der Waals surface area contributed by atoms with Gasteiger partial charge < -0.3 is 14.8 Å². The molecule has 0 bridgehead atoms. The Labute approximate surface area is 183 Å². The second-order valence-corrected chi connectivity index (χ2v) is 8.52. The van der Waals surface area contributed by atoms with Gasteiger partial charge in [0.05, 0.1) is 17.9 Å². The lowest BCUT2D eigenvalue weighted by Crippen LogP contribution is -2.40. The molecule has 32 heavy (non-hydrogen) atoms. The Bertz CT molecular complexity index is 1330. The van der Waals surface area contributed by atoms with Gasteiger partial charge in [-0.05, 0) is 51.1 Å². The smallest absolute Gasteiger partial charge is 0.253 e. The molecule has 1 amide bonds. The maximum atomic E-state index is 14.7. The lowest BCUT2D eigenvalue weighted by atomic mass is 10.0. The largest absolute Gasteiger partial charge is 0.391 e. The highest BCUT2D eigenvalue weighted by Crippen LogP contribution is 2.28. The van der Waals surface area contributed by atoms with Crippen LogP contribution in [0.1, 0.15) is 36.7 Å². The van der Waals surface area contributed by atoms with Gasteiger partial charge in [0.25, 0.3) is 5.91 Å². The van der Waals surface area contributed by atoms with E-state index >= 15 is 0 Å². The van der Waals surface area contributed by atoms with Crippen molar-refractivity contribution in [2.24, 2.45) is 0 Å². The average molecular weight is 436 g/mol. The average Bonchev–Trinajstić information content (AvgIpc) is 3.16. The Kier molecular flexibility index (Phi) is 5.48. The standard InChI is InChI=1S/C24H22F2N4O2/c1-24(2,3)29-23(32)16-8-15(9-27-10-16)20-12-30-11-14(4-7-21(30)28-20)17-5-6-19(25)18(13-31)22(17)26/h4-12,31H,13H2,1-3H3,(H,29,32). The molecule has 6 nitrogen and oxygen atoms in total. The number of imidazole rings is 1. The number of benzene rings is 1. The Hall–Kier alpha value is -3.65. The van der Waals surface area contributed by atoms with Gasteiger partial charge in [0.1, 0.15) is 17.3 Å². The van der Waals surface area contributed by atoms with Gasteiger partial charge in [-0.2, -0.15) is 0 Å². The summed E-state index contributed by atoms with van der Waals surface area (Å²) in [7, 11) is 0. The number of pyridine rings is 2. The number of fused-ring (bicyclic) bond motifs is 1. The summed E-state index contributed by atoms with van der Waals surface area (Å²) in [6, 6.07) is 7.57. The third kappa shape index (κ3) is 4.22. The Morgan fingerprint density at radius 3 is 2.59 bits per heavy atom. The third-order valence-corrected chi connectivity index (χ3v) is 4.89. The second-order valence-electron chi connectivity index (χ2n) is 8.52. The van der Waals surface area contributed by atoms with Gasteiger partial charge in [-0.1, -0.05) is 0 Å². The number of hydrogen-bond donors (Lipinski definition) is 2. The van der Waals surface area contributed by atoms with E-state index in [1.165, 1.54) is 12.3 Å². The predicted molar refractivity (Wildman–Crippen MR) is 117 cm³/mol. The van der Waals surface area contributed by atoms with E-state index in [4.69, 9.17) is 0 Å². The Morgan fingerprint density at radius 1 is 1.09 bits per heavy atom. The van der Waals surface area contributed by atoms with Crippen LogP contribution >= 0.6 is 0 Å². The Balaban J connectivity index is 1.71. The number of nitrogens with zero attached hydrogens (tertiary/aromatic N) is 3. The molecule has 0 unspecified atom stereocenters. The number of nitrogens with one attached hydrogen (secondary N) is 1. The molecule has 0 radical (unpaired) electrons. The first-order valence-corrected chi connectivity index (χ1v) is 10.0. The van der Waals surface area contributed by atoms with E-state index in [1.54, 1.807) is 41.2 Å². The molecular weight excluding hydrogens is 414 g/mol. The van der Waals surface area contributed by atoms with E-state index in [0.29, 0.717) is 28.0 Å². The summed E-state index contributed by atoms with van der Waals surface area (Å²) in [6.45, 7) is 4.97. The van der Waals surface area contributed by atoms with Crippen LogP contribution in [0.3, 0.4) is 0 Å². The fourth-order valence-corrected chi connectivity index (χ4v) is 3.37. The predicted octanol–water partition coefficient (Wildman–Crippen LogP) is 4.36. The van der Waals surface area contributed by atoms with Crippen LogP contribution in [0.2, 0.25) is 0 Å². The number of aliphatic hydroxyl groups excluding tert-OH is 1. The summed E-state index contributed by atoms with van der Waals surface area (Å²) in [6.07, 6.45) is 6.53. The van der Waals surface area contributed by atoms with Crippen LogP contribution < -0.4 is 5.32 Å². The van der Waals surface area contributed by atoms with Crippen molar-refractivity contribution in [3.63, 3.8) is 0 Å². The number of aliphatic hydroxyl groups is 1. The van der Waals surface area contributed by atoms with E-state index in [-0.39, 0.29) is 22.6 Å². The van der Waals surface area contributed by atoms with E-state index < -0.39 is 18.2 Å². The maximum absolute atomic E-state index is 14.7. The number of carbonyl (C=O) groups excluding carboxylic acids is 1. The van der Waals surface area contributed by atoms with E-state index in [0.717, 1.165) is 6.07 Å². The molecule has 0 aliphatic rings. The molecule has 164 valence electrons. The summed E-state index contributed by atoms with van der Waals surface area (Å²) in [5.41, 5.74) is 2.21. The van der Waals surface area contributed by atoms with Crippen molar-refractivity contribution in [3.05, 3.63) is 77.9 Å². The Morgan fingerprint density at radius 2 is 1.88 bits per heavy atom. The van der Waals surface area contributed by atoms with Crippen molar-refractivity contribution in [3.8, 4) is 22.4 Å². The first-order chi connectivity index (χ1) is 15.2. The van der Waals surface area contributed by atoms with E-state index in [1.807, 2.05) is 20.8 Å². The lowest BCUT2D eigenvalue weighted by Gasteiger charge is -2.20. The summed E-state index contributed by atoms with van der Waals surface area (Å²) in [4.78, 5) is 21.2. The van der Waals surface area contributed by atoms with Gasteiger partial charge in [0, 0.05) is 52.6 Å². The normalized spacial score (nSPS) is 11.7. The zero-order chi connectivity index (χ0) is 23.0. The van der Waals surface area contributed by atoms with Gasteiger partial charge in [-0.25, -0.2) is 13.8 Å². The van der Waals surface area contributed by atoms with Gasteiger partial charge in [-0.15, -0.1) is 0 Å². The fourth-order valence-electron chi connectivity index (χ4n) is 3.37. The van der Waals surface area contributed by atoms with Crippen molar-refractivity contribution < 1.29 is 18.7 Å². The fraction of sp³-hybridized carbons (Fsp3) is 0.208. The van der Waals surface area contributed by atoms with Crippen LogP contribution in [0.5, 0.6) is 0 Å². The first-order valence-electron chi connectivity index (χ1n) is 10.0. The SMILES string of the molecule is CC(C)(C)NC(=O)c1cncc(-c2cn3cc(-c4ccc(F)c(CO)c4F)ccc3n2)c1. The molecule has 0 saturated carbocycles. The van der Waals surface area contributed by atoms with Crippen LogP contribution in [0.15, 0.2) is 55.1 Å². The van der Waals surface area contributed by atoms with Crippen molar-refractivity contribution in [1.29, 1.82) is 0 Å². The minimum atomic E-state index is -0.797. The topological polar surface area (TPSA) is 79.5 Å². The second kappa shape index (κ2) is 8.12. The van der Waals surface area contributed by atoms with E-state index in [9.17, 15) is 18.7 Å². The minimum absolute atomic E-state index is 0.176. The van der Waals surface area contributed by atoms with Crippen molar-refractivity contribution in [1.82, 2.24) is 19.7 Å².